The van der Waals surface area contributed by atoms with Crippen molar-refractivity contribution in [2.45, 2.75) is 6.42 Å². The van der Waals surface area contributed by atoms with Gasteiger partial charge in [-0.1, -0.05) is 23.7 Å². The molecule has 20 heavy (non-hydrogen) atoms. The first-order valence-electron chi connectivity index (χ1n) is 5.91. The molecule has 0 unspecified atom stereocenters. The molecule has 1 aromatic carbocycles. The maximum Gasteiger partial charge on any atom is 0.172 e. The highest BCUT2D eigenvalue weighted by molar-refractivity contribution is 9.10. The summed E-state index contributed by atoms with van der Waals surface area (Å²) in [6.45, 7) is 0.712. The van der Waals surface area contributed by atoms with Gasteiger partial charge in [-0.15, -0.1) is 5.10 Å². The molecule has 0 radical (unpaired) electrons. The van der Waals surface area contributed by atoms with Gasteiger partial charge in [0.2, 0.25) is 0 Å². The van der Waals surface area contributed by atoms with E-state index in [0.717, 1.165) is 21.5 Å². The van der Waals surface area contributed by atoms with Crippen LogP contribution in [0.1, 0.15) is 5.56 Å². The van der Waals surface area contributed by atoms with Crippen LogP contribution in [0.3, 0.4) is 0 Å². The van der Waals surface area contributed by atoms with Gasteiger partial charge in [0.05, 0.1) is 10.7 Å². The van der Waals surface area contributed by atoms with Crippen LogP contribution in [-0.2, 0) is 6.42 Å². The fraction of sp³-hybridized carbons (Fsp3) is 0.154. The third-order valence-electron chi connectivity index (χ3n) is 2.49. The summed E-state index contributed by atoms with van der Waals surface area (Å²) in [6, 6.07) is 9.56. The second-order valence-corrected chi connectivity index (χ2v) is 5.69. The quantitative estimate of drug-likeness (QED) is 0.807. The lowest BCUT2D eigenvalue weighted by atomic mass is 10.1. The zero-order valence-electron chi connectivity index (χ0n) is 10.4. The molecule has 0 aliphatic rings. The molecule has 2 N–H and O–H groups in total. The second-order valence-electron chi connectivity index (χ2n) is 3.99. The molecular formula is C13H12BrClN4S. The summed E-state index contributed by atoms with van der Waals surface area (Å²) >= 11 is 14.5. The topological polar surface area (TPSA) is 49.8 Å². The van der Waals surface area contributed by atoms with E-state index in [1.807, 2.05) is 24.3 Å². The number of hydrogen-bond donors (Lipinski definition) is 2. The fourth-order valence-electron chi connectivity index (χ4n) is 1.57. The Morgan fingerprint density at radius 2 is 2.20 bits per heavy atom. The van der Waals surface area contributed by atoms with Gasteiger partial charge < -0.3 is 10.6 Å². The number of aromatic nitrogens is 2. The van der Waals surface area contributed by atoms with Crippen molar-refractivity contribution in [3.63, 3.8) is 0 Å². The maximum atomic E-state index is 5.93. The highest BCUT2D eigenvalue weighted by Gasteiger charge is 2.03. The number of benzene rings is 1. The van der Waals surface area contributed by atoms with Gasteiger partial charge in [-0.3, -0.25) is 0 Å². The molecule has 0 fully saturated rings. The minimum absolute atomic E-state index is 0.508. The molecule has 0 amide bonds. The monoisotopic (exact) mass is 370 g/mol. The van der Waals surface area contributed by atoms with Crippen molar-refractivity contribution in [2.24, 2.45) is 0 Å². The van der Waals surface area contributed by atoms with Gasteiger partial charge in [-0.05, 0) is 58.3 Å². The lowest BCUT2D eigenvalue weighted by Gasteiger charge is -2.10. The largest absolute Gasteiger partial charge is 0.362 e. The average Bonchev–Trinajstić information content (AvgIpc) is 2.41. The van der Waals surface area contributed by atoms with Gasteiger partial charge in [0.15, 0.2) is 10.9 Å². The van der Waals surface area contributed by atoms with Gasteiger partial charge in [0.1, 0.15) is 0 Å². The summed E-state index contributed by atoms with van der Waals surface area (Å²) in [4.78, 5) is 0. The molecule has 7 heteroatoms. The highest BCUT2D eigenvalue weighted by atomic mass is 79.9. The van der Waals surface area contributed by atoms with Crippen molar-refractivity contribution in [2.75, 3.05) is 11.9 Å². The molecule has 0 aliphatic heterocycles. The standard InChI is InChI=1S/C13H12BrClN4S/c14-11-5-7-17-19-12(11)18-13(20)16-6-4-9-2-1-3-10(15)8-9/h1-3,5,7-8H,4,6H2,(H2,16,18,19,20). The van der Waals surface area contributed by atoms with E-state index in [1.54, 1.807) is 12.3 Å². The molecule has 4 nitrogen and oxygen atoms in total. The number of nitrogens with one attached hydrogen (secondary N) is 2. The van der Waals surface area contributed by atoms with Crippen LogP contribution in [0.25, 0.3) is 0 Å². The average molecular weight is 372 g/mol. The highest BCUT2D eigenvalue weighted by Crippen LogP contribution is 2.16. The normalized spacial score (nSPS) is 10.1. The first-order valence-corrected chi connectivity index (χ1v) is 7.49. The molecule has 0 aliphatic carbocycles. The molecule has 2 aromatic rings. The lowest BCUT2D eigenvalue weighted by molar-refractivity contribution is 0.872. The van der Waals surface area contributed by atoms with Crippen LogP contribution in [0, 0.1) is 0 Å². The van der Waals surface area contributed by atoms with Gasteiger partial charge in [-0.2, -0.15) is 5.10 Å². The Hall–Kier alpha value is -1.24. The summed E-state index contributed by atoms with van der Waals surface area (Å²) in [5, 5.41) is 15.1. The van der Waals surface area contributed by atoms with Crippen molar-refractivity contribution in [1.82, 2.24) is 15.5 Å². The van der Waals surface area contributed by atoms with Crippen molar-refractivity contribution in [1.29, 1.82) is 0 Å². The molecule has 0 saturated heterocycles. The first kappa shape index (κ1) is 15.2. The van der Waals surface area contributed by atoms with Crippen molar-refractivity contribution in [3.05, 3.63) is 51.6 Å². The smallest absolute Gasteiger partial charge is 0.172 e. The number of anilines is 1. The zero-order valence-corrected chi connectivity index (χ0v) is 13.6. The summed E-state index contributed by atoms with van der Waals surface area (Å²) < 4.78 is 0.812. The van der Waals surface area contributed by atoms with E-state index in [-0.39, 0.29) is 0 Å². The molecule has 0 spiro atoms. The van der Waals surface area contributed by atoms with Crippen LogP contribution in [0.2, 0.25) is 5.02 Å². The van der Waals surface area contributed by atoms with Crippen molar-refractivity contribution >= 4 is 50.7 Å². The van der Waals surface area contributed by atoms with E-state index in [9.17, 15) is 0 Å². The van der Waals surface area contributed by atoms with Gasteiger partial charge in [0, 0.05) is 11.6 Å². The Morgan fingerprint density at radius 3 is 2.95 bits per heavy atom. The second kappa shape index (κ2) is 7.52. The number of hydrogen-bond acceptors (Lipinski definition) is 3. The molecular weight excluding hydrogens is 360 g/mol. The molecule has 0 bridgehead atoms. The van der Waals surface area contributed by atoms with Crippen LogP contribution >= 0.6 is 39.7 Å². The van der Waals surface area contributed by atoms with Crippen LogP contribution < -0.4 is 10.6 Å². The van der Waals surface area contributed by atoms with E-state index in [1.165, 1.54) is 0 Å². The molecule has 0 saturated carbocycles. The minimum Gasteiger partial charge on any atom is -0.362 e. The third kappa shape index (κ3) is 4.70. The first-order chi connectivity index (χ1) is 9.65. The third-order valence-corrected chi connectivity index (χ3v) is 3.61. The van der Waals surface area contributed by atoms with Crippen molar-refractivity contribution < 1.29 is 0 Å². The Morgan fingerprint density at radius 1 is 1.35 bits per heavy atom. The Labute approximate surface area is 136 Å². The van der Waals surface area contributed by atoms with E-state index < -0.39 is 0 Å². The lowest BCUT2D eigenvalue weighted by Crippen LogP contribution is -2.30. The number of nitrogens with zero attached hydrogens (tertiary/aromatic N) is 2. The van der Waals surface area contributed by atoms with Crippen LogP contribution in [0.5, 0.6) is 0 Å². The van der Waals surface area contributed by atoms with Gasteiger partial charge >= 0.3 is 0 Å². The predicted octanol–water partition coefficient (Wildman–Crippen LogP) is 3.42. The van der Waals surface area contributed by atoms with Crippen molar-refractivity contribution in [3.8, 4) is 0 Å². The van der Waals surface area contributed by atoms with E-state index in [4.69, 9.17) is 23.8 Å². The molecule has 0 atom stereocenters. The Bertz CT molecular complexity index is 608. The van der Waals surface area contributed by atoms with E-state index in [2.05, 4.69) is 36.8 Å². The van der Waals surface area contributed by atoms with Crippen LogP contribution in [-0.4, -0.2) is 21.9 Å². The molecule has 1 aromatic heterocycles. The summed E-state index contributed by atoms with van der Waals surface area (Å²) in [5.41, 5.74) is 1.16. The number of rotatable bonds is 4. The molecule has 1 heterocycles. The number of thiocarbonyl (C=S) groups is 1. The predicted molar refractivity (Wildman–Crippen MR) is 89.1 cm³/mol. The Balaban J connectivity index is 1.80. The Kier molecular flexibility index (Phi) is 5.70. The summed E-state index contributed by atoms with van der Waals surface area (Å²) in [5.74, 6) is 0.591. The maximum absolute atomic E-state index is 5.93. The van der Waals surface area contributed by atoms with Crippen LogP contribution in [0.15, 0.2) is 41.0 Å². The molecule has 104 valence electrons. The summed E-state index contributed by atoms with van der Waals surface area (Å²) in [6.07, 6.45) is 2.44. The minimum atomic E-state index is 0.508. The van der Waals surface area contributed by atoms with Gasteiger partial charge in [-0.25, -0.2) is 0 Å². The zero-order chi connectivity index (χ0) is 14.4. The SMILES string of the molecule is S=C(NCCc1cccc(Cl)c1)Nc1nnccc1Br. The molecule has 2 rings (SSSR count). The summed E-state index contributed by atoms with van der Waals surface area (Å²) in [7, 11) is 0. The van der Waals surface area contributed by atoms with E-state index in [0.29, 0.717) is 17.5 Å². The van der Waals surface area contributed by atoms with E-state index >= 15 is 0 Å². The number of halogens is 2. The van der Waals surface area contributed by atoms with Gasteiger partial charge in [0.25, 0.3) is 0 Å². The fourth-order valence-corrected chi connectivity index (χ4v) is 2.27. The van der Waals surface area contributed by atoms with Crippen LogP contribution in [0.4, 0.5) is 5.82 Å².